The molecule has 0 saturated heterocycles. The van der Waals surface area contributed by atoms with E-state index in [1.54, 1.807) is 34.5 Å². The van der Waals surface area contributed by atoms with Crippen LogP contribution in [0.3, 0.4) is 0 Å². The monoisotopic (exact) mass is 449 g/mol. The van der Waals surface area contributed by atoms with Crippen molar-refractivity contribution >= 4 is 23.3 Å². The van der Waals surface area contributed by atoms with Gasteiger partial charge >= 0.3 is 6.03 Å². The lowest BCUT2D eigenvalue weighted by atomic mass is 10.0. The van der Waals surface area contributed by atoms with Crippen LogP contribution in [0.5, 0.6) is 0 Å². The first kappa shape index (κ1) is 23.4. The Morgan fingerprint density at radius 1 is 1.22 bits per heavy atom. The number of aromatic nitrogens is 2. The first-order chi connectivity index (χ1) is 15.5. The highest BCUT2D eigenvalue weighted by molar-refractivity contribution is 6.30. The minimum atomic E-state index is -0.245. The van der Waals surface area contributed by atoms with E-state index in [2.05, 4.69) is 23.0 Å². The van der Waals surface area contributed by atoms with E-state index in [1.807, 2.05) is 43.4 Å². The summed E-state index contributed by atoms with van der Waals surface area (Å²) in [5.74, 6) is 0. The first-order valence-electron chi connectivity index (χ1n) is 10.8. The van der Waals surface area contributed by atoms with Gasteiger partial charge in [-0.05, 0) is 48.7 Å². The number of carbonyl (C=O) groups is 1. The first-order valence-corrected chi connectivity index (χ1v) is 11.2. The fourth-order valence-corrected chi connectivity index (χ4v) is 3.85. The Labute approximate surface area is 194 Å². The van der Waals surface area contributed by atoms with Crippen molar-refractivity contribution in [2.75, 3.05) is 18.5 Å². The molecule has 6 nitrogen and oxygen atoms in total. The van der Waals surface area contributed by atoms with Crippen LogP contribution in [0.4, 0.5) is 10.5 Å². The van der Waals surface area contributed by atoms with Crippen molar-refractivity contribution in [3.05, 3.63) is 82.9 Å². The summed E-state index contributed by atoms with van der Waals surface area (Å²) in [7, 11) is 1.81. The largest absolute Gasteiger partial charge is 0.347 e. The number of nitriles is 1. The number of H-pyrrole nitrogens is 1. The number of unbranched alkanes of at least 4 members (excludes halogenated alkanes) is 2. The normalized spacial score (nSPS) is 11.6. The standard InChI is InChI=1S/C25H28ClN5O/c1-3-4-5-13-31(22-8-6-7-21(26)15-22)25(32)30(2)24(23-17-28-18-29-23)14-19-9-11-20(16-27)12-10-19/h6-12,15,17-18,24H,3-5,13-14H2,1-2H3,(H,28,29). The SMILES string of the molecule is CCCCCN(C(=O)N(C)C(Cc1ccc(C#N)cc1)c1cnc[nH]1)c1cccc(Cl)c1. The van der Waals surface area contributed by atoms with Crippen LogP contribution in [-0.4, -0.2) is 34.5 Å². The summed E-state index contributed by atoms with van der Waals surface area (Å²) >= 11 is 6.22. The molecule has 2 amide bonds. The van der Waals surface area contributed by atoms with Gasteiger partial charge in [0.15, 0.2) is 0 Å². The van der Waals surface area contributed by atoms with Gasteiger partial charge in [-0.25, -0.2) is 9.78 Å². The molecule has 0 aliphatic heterocycles. The molecule has 0 radical (unpaired) electrons. The van der Waals surface area contributed by atoms with E-state index in [9.17, 15) is 4.79 Å². The molecule has 1 aromatic heterocycles. The predicted molar refractivity (Wildman–Crippen MR) is 128 cm³/mol. The van der Waals surface area contributed by atoms with Gasteiger partial charge < -0.3 is 9.88 Å². The van der Waals surface area contributed by atoms with E-state index < -0.39 is 0 Å². The fourth-order valence-electron chi connectivity index (χ4n) is 3.67. The summed E-state index contributed by atoms with van der Waals surface area (Å²) in [5.41, 5.74) is 3.28. The Balaban J connectivity index is 1.88. The molecule has 3 rings (SSSR count). The molecule has 0 bridgehead atoms. The predicted octanol–water partition coefficient (Wildman–Crippen LogP) is 5.97. The number of nitrogens with one attached hydrogen (secondary N) is 1. The van der Waals surface area contributed by atoms with E-state index in [4.69, 9.17) is 16.9 Å². The van der Waals surface area contributed by atoms with Crippen LogP contribution in [0.15, 0.2) is 61.1 Å². The van der Waals surface area contributed by atoms with Gasteiger partial charge in [0.05, 0.1) is 35.9 Å². The van der Waals surface area contributed by atoms with Crippen molar-refractivity contribution in [2.24, 2.45) is 0 Å². The summed E-state index contributed by atoms with van der Waals surface area (Å²) in [6.07, 6.45) is 6.99. The molecular formula is C25H28ClN5O. The van der Waals surface area contributed by atoms with Crippen molar-refractivity contribution in [1.29, 1.82) is 5.26 Å². The van der Waals surface area contributed by atoms with Gasteiger partial charge in [-0.1, -0.05) is 49.6 Å². The van der Waals surface area contributed by atoms with Crippen LogP contribution in [0.2, 0.25) is 5.02 Å². The lowest BCUT2D eigenvalue weighted by Gasteiger charge is -2.33. The molecule has 32 heavy (non-hydrogen) atoms. The van der Waals surface area contributed by atoms with Crippen LogP contribution in [0.25, 0.3) is 0 Å². The smallest absolute Gasteiger partial charge is 0.324 e. The van der Waals surface area contributed by atoms with Crippen molar-refractivity contribution in [3.63, 3.8) is 0 Å². The maximum atomic E-state index is 13.7. The number of hydrogen-bond acceptors (Lipinski definition) is 3. The summed E-state index contributed by atoms with van der Waals surface area (Å²) in [6, 6.07) is 16.6. The zero-order valence-corrected chi connectivity index (χ0v) is 19.2. The average molecular weight is 450 g/mol. The second-order valence-electron chi connectivity index (χ2n) is 7.77. The minimum absolute atomic E-state index is 0.100. The number of anilines is 1. The second-order valence-corrected chi connectivity index (χ2v) is 8.20. The van der Waals surface area contributed by atoms with Crippen LogP contribution in [-0.2, 0) is 6.42 Å². The highest BCUT2D eigenvalue weighted by atomic mass is 35.5. The van der Waals surface area contributed by atoms with Gasteiger partial charge in [0.25, 0.3) is 0 Å². The second kappa shape index (κ2) is 11.4. The molecule has 0 aliphatic rings. The van der Waals surface area contributed by atoms with Crippen molar-refractivity contribution in [3.8, 4) is 6.07 Å². The highest BCUT2D eigenvalue weighted by Gasteiger charge is 2.28. The Morgan fingerprint density at radius 3 is 2.62 bits per heavy atom. The van der Waals surface area contributed by atoms with Crippen LogP contribution >= 0.6 is 11.6 Å². The number of rotatable bonds is 9. The van der Waals surface area contributed by atoms with Gasteiger partial charge in [0.1, 0.15) is 0 Å². The zero-order valence-electron chi connectivity index (χ0n) is 18.5. The molecule has 3 aromatic rings. The number of aromatic amines is 1. The number of imidazole rings is 1. The maximum Gasteiger partial charge on any atom is 0.324 e. The number of carbonyl (C=O) groups excluding carboxylic acids is 1. The van der Waals surface area contributed by atoms with E-state index in [0.717, 1.165) is 36.2 Å². The summed E-state index contributed by atoms with van der Waals surface area (Å²) in [5, 5.41) is 9.67. The Morgan fingerprint density at radius 2 is 2.00 bits per heavy atom. The van der Waals surface area contributed by atoms with Crippen LogP contribution in [0, 0.1) is 11.3 Å². The minimum Gasteiger partial charge on any atom is -0.347 e. The number of hydrogen-bond donors (Lipinski definition) is 1. The molecule has 1 heterocycles. The Hall–Kier alpha value is -3.30. The topological polar surface area (TPSA) is 76.0 Å². The van der Waals surface area contributed by atoms with Crippen molar-refractivity contribution in [2.45, 2.75) is 38.6 Å². The average Bonchev–Trinajstić information content (AvgIpc) is 3.34. The molecule has 1 unspecified atom stereocenters. The van der Waals surface area contributed by atoms with E-state index in [-0.39, 0.29) is 12.1 Å². The third-order valence-corrected chi connectivity index (χ3v) is 5.73. The quantitative estimate of drug-likeness (QED) is 0.409. The van der Waals surface area contributed by atoms with Gasteiger partial charge in [-0.2, -0.15) is 5.26 Å². The number of halogens is 1. The van der Waals surface area contributed by atoms with Gasteiger partial charge in [0.2, 0.25) is 0 Å². The van der Waals surface area contributed by atoms with Gasteiger partial charge in [0, 0.05) is 24.3 Å². The van der Waals surface area contributed by atoms with Crippen LogP contribution < -0.4 is 4.90 Å². The molecular weight excluding hydrogens is 422 g/mol. The molecule has 0 saturated carbocycles. The molecule has 0 aliphatic carbocycles. The Kier molecular flexibility index (Phi) is 8.29. The molecule has 2 aromatic carbocycles. The number of benzene rings is 2. The maximum absolute atomic E-state index is 13.7. The molecule has 7 heteroatoms. The van der Waals surface area contributed by atoms with Crippen molar-refractivity contribution in [1.82, 2.24) is 14.9 Å². The van der Waals surface area contributed by atoms with Gasteiger partial charge in [-0.15, -0.1) is 0 Å². The zero-order chi connectivity index (χ0) is 22.9. The molecule has 166 valence electrons. The summed E-state index contributed by atoms with van der Waals surface area (Å²) in [6.45, 7) is 2.76. The molecule has 0 fully saturated rings. The van der Waals surface area contributed by atoms with Gasteiger partial charge in [-0.3, -0.25) is 4.90 Å². The summed E-state index contributed by atoms with van der Waals surface area (Å²) in [4.78, 5) is 24.6. The van der Waals surface area contributed by atoms with Crippen molar-refractivity contribution < 1.29 is 4.79 Å². The molecule has 1 atom stereocenters. The number of urea groups is 1. The summed E-state index contributed by atoms with van der Waals surface area (Å²) < 4.78 is 0. The fraction of sp³-hybridized carbons (Fsp3) is 0.320. The molecule has 1 N–H and O–H groups in total. The third kappa shape index (κ3) is 5.89. The third-order valence-electron chi connectivity index (χ3n) is 5.50. The lowest BCUT2D eigenvalue weighted by molar-refractivity contribution is 0.195. The lowest BCUT2D eigenvalue weighted by Crippen LogP contribution is -2.44. The molecule has 0 spiro atoms. The van der Waals surface area contributed by atoms with E-state index in [0.29, 0.717) is 23.6 Å². The van der Waals surface area contributed by atoms with E-state index in [1.165, 1.54) is 0 Å². The van der Waals surface area contributed by atoms with Crippen LogP contribution in [0.1, 0.15) is 49.0 Å². The van der Waals surface area contributed by atoms with E-state index >= 15 is 0 Å². The Bertz CT molecular complexity index is 1040. The highest BCUT2D eigenvalue weighted by Crippen LogP contribution is 2.27. The number of likely N-dealkylation sites (N-methyl/N-ethyl adjacent to an activating group) is 1. The number of nitrogens with zero attached hydrogens (tertiary/aromatic N) is 4. The number of amides is 2.